The monoisotopic (exact) mass is 414 g/mol. The summed E-state index contributed by atoms with van der Waals surface area (Å²) in [6.45, 7) is 4.33. The Kier molecular flexibility index (Phi) is 20.5. The molecule has 0 amide bonds. The van der Waals surface area contributed by atoms with Crippen molar-refractivity contribution in [3.8, 4) is 10.8 Å². The van der Waals surface area contributed by atoms with Gasteiger partial charge in [0.15, 0.2) is 0 Å². The lowest BCUT2D eigenvalue weighted by Crippen LogP contribution is -1.98. The quantitative estimate of drug-likeness (QED) is 0.308. The van der Waals surface area contributed by atoms with E-state index in [2.05, 4.69) is 45.7 Å². The summed E-state index contributed by atoms with van der Waals surface area (Å²) >= 11 is 9.34. The fourth-order valence-corrected chi connectivity index (χ4v) is 3.07. The van der Waals surface area contributed by atoms with Crippen molar-refractivity contribution in [3.05, 3.63) is 0 Å². The third kappa shape index (κ3) is 19.0. The number of thioether (sulfide) groups is 2. The molecule has 0 fully saturated rings. The predicted octanol–water partition coefficient (Wildman–Crippen LogP) is 5.24. The number of hydrogen-bond donors (Lipinski definition) is 0. The number of halogens is 2. The number of thiocyanates is 2. The van der Waals surface area contributed by atoms with Gasteiger partial charge in [-0.1, -0.05) is 45.7 Å². The molecule has 104 valence electrons. The molecule has 2 unspecified atom stereocenters. The smallest absolute Gasteiger partial charge is 0.133 e. The Bertz CT molecular complexity index is 251. The third-order valence-corrected chi connectivity index (χ3v) is 5.07. The van der Waals surface area contributed by atoms with E-state index in [4.69, 9.17) is 10.5 Å². The molecule has 18 heavy (non-hydrogen) atoms. The van der Waals surface area contributed by atoms with Gasteiger partial charge in [0.25, 0.3) is 0 Å². The van der Waals surface area contributed by atoms with Crippen molar-refractivity contribution in [3.63, 3.8) is 0 Å². The normalized spacial score (nSPS) is 12.6. The maximum atomic E-state index is 8.24. The van der Waals surface area contributed by atoms with Crippen molar-refractivity contribution >= 4 is 55.4 Å². The number of nitriles is 2. The molecule has 0 bridgehead atoms. The van der Waals surface area contributed by atoms with Crippen LogP contribution in [-0.4, -0.2) is 22.2 Å². The molecule has 0 aromatic carbocycles. The summed E-state index contributed by atoms with van der Waals surface area (Å²) in [5, 5.41) is 22.8. The van der Waals surface area contributed by atoms with Gasteiger partial charge in [-0.15, -0.1) is 0 Å². The van der Waals surface area contributed by atoms with E-state index in [9.17, 15) is 0 Å². The van der Waals surface area contributed by atoms with E-state index in [0.29, 0.717) is 5.92 Å². The Balaban J connectivity index is 0. The highest BCUT2D eigenvalue weighted by molar-refractivity contribution is 9.09. The predicted molar refractivity (Wildman–Crippen MR) is 91.3 cm³/mol. The molecular formula is C12H20Br2N2S2. The second kappa shape index (κ2) is 17.6. The van der Waals surface area contributed by atoms with Gasteiger partial charge in [-0.05, 0) is 48.2 Å². The summed E-state index contributed by atoms with van der Waals surface area (Å²) in [5.41, 5.74) is 0. The molecule has 0 saturated carbocycles. The summed E-state index contributed by atoms with van der Waals surface area (Å²) in [6, 6.07) is 0. The van der Waals surface area contributed by atoms with Gasteiger partial charge >= 0.3 is 0 Å². The van der Waals surface area contributed by atoms with E-state index in [0.717, 1.165) is 34.5 Å². The van der Waals surface area contributed by atoms with Crippen molar-refractivity contribution < 1.29 is 0 Å². The van der Waals surface area contributed by atoms with E-state index in [1.165, 1.54) is 29.9 Å². The zero-order chi connectivity index (χ0) is 14.2. The molecule has 0 aliphatic heterocycles. The minimum absolute atomic E-state index is 0.542. The molecule has 6 heteroatoms. The first-order valence-corrected chi connectivity index (χ1v) is 9.97. The lowest BCUT2D eigenvalue weighted by molar-refractivity contribution is 0.644. The van der Waals surface area contributed by atoms with Crippen LogP contribution in [0.4, 0.5) is 0 Å². The van der Waals surface area contributed by atoms with Gasteiger partial charge < -0.3 is 0 Å². The van der Waals surface area contributed by atoms with Crippen LogP contribution >= 0.6 is 55.4 Å². The molecule has 0 spiro atoms. The van der Waals surface area contributed by atoms with Crippen LogP contribution in [0.15, 0.2) is 0 Å². The molecule has 0 aromatic heterocycles. The second-order valence-electron chi connectivity index (χ2n) is 3.97. The lowest BCUT2D eigenvalue weighted by Gasteiger charge is -2.04. The Morgan fingerprint density at radius 2 is 1.61 bits per heavy atom. The molecular weight excluding hydrogens is 396 g/mol. The van der Waals surface area contributed by atoms with Gasteiger partial charge in [0, 0.05) is 22.2 Å². The molecule has 0 saturated heterocycles. The zero-order valence-electron chi connectivity index (χ0n) is 10.9. The first-order valence-electron chi connectivity index (χ1n) is 5.76. The Labute approximate surface area is 137 Å². The Hall–Kier alpha value is 0.640. The van der Waals surface area contributed by atoms with Gasteiger partial charge in [-0.3, -0.25) is 0 Å². The molecule has 0 rings (SSSR count). The fourth-order valence-electron chi connectivity index (χ4n) is 0.832. The van der Waals surface area contributed by atoms with Crippen molar-refractivity contribution in [2.45, 2.75) is 26.7 Å². The first kappa shape index (κ1) is 20.9. The van der Waals surface area contributed by atoms with Crippen LogP contribution in [0.25, 0.3) is 0 Å². The van der Waals surface area contributed by atoms with E-state index in [-0.39, 0.29) is 0 Å². The van der Waals surface area contributed by atoms with E-state index in [1.54, 1.807) is 0 Å². The van der Waals surface area contributed by atoms with E-state index < -0.39 is 0 Å². The number of nitrogens with zero attached hydrogens (tertiary/aromatic N) is 2. The van der Waals surface area contributed by atoms with Gasteiger partial charge in [-0.25, -0.2) is 0 Å². The van der Waals surface area contributed by atoms with Crippen LogP contribution in [0.5, 0.6) is 0 Å². The number of rotatable bonds is 8. The highest BCUT2D eigenvalue weighted by Gasteiger charge is 2.01. The number of alkyl halides is 2. The van der Waals surface area contributed by atoms with Crippen molar-refractivity contribution in [1.29, 1.82) is 10.5 Å². The SMILES string of the molecule is CC(CBr)CCBr.CC(CCSC#N)CSC#N. The molecule has 0 aliphatic carbocycles. The minimum Gasteiger partial charge on any atom is -0.185 e. The molecule has 2 atom stereocenters. The summed E-state index contributed by atoms with van der Waals surface area (Å²) in [4.78, 5) is 0. The van der Waals surface area contributed by atoms with Crippen molar-refractivity contribution in [2.24, 2.45) is 11.8 Å². The topological polar surface area (TPSA) is 47.6 Å². The lowest BCUT2D eigenvalue weighted by atomic mass is 10.2. The van der Waals surface area contributed by atoms with Crippen LogP contribution in [-0.2, 0) is 0 Å². The molecule has 0 aliphatic rings. The van der Waals surface area contributed by atoms with Crippen LogP contribution in [0.3, 0.4) is 0 Å². The van der Waals surface area contributed by atoms with Crippen LogP contribution in [0.2, 0.25) is 0 Å². The summed E-state index contributed by atoms with van der Waals surface area (Å²) < 4.78 is 0. The van der Waals surface area contributed by atoms with Crippen LogP contribution < -0.4 is 0 Å². The molecule has 0 radical (unpaired) electrons. The van der Waals surface area contributed by atoms with Crippen LogP contribution in [0, 0.1) is 33.2 Å². The van der Waals surface area contributed by atoms with E-state index in [1.807, 2.05) is 10.8 Å². The maximum Gasteiger partial charge on any atom is 0.133 e. The Morgan fingerprint density at radius 3 is 2.00 bits per heavy atom. The van der Waals surface area contributed by atoms with E-state index >= 15 is 0 Å². The summed E-state index contributed by atoms with van der Waals surface area (Å²) in [7, 11) is 0. The Morgan fingerprint density at radius 1 is 1.00 bits per heavy atom. The highest BCUT2D eigenvalue weighted by Crippen LogP contribution is 2.13. The number of hydrogen-bond acceptors (Lipinski definition) is 4. The van der Waals surface area contributed by atoms with Crippen molar-refractivity contribution in [1.82, 2.24) is 0 Å². The highest BCUT2D eigenvalue weighted by atomic mass is 79.9. The van der Waals surface area contributed by atoms with Gasteiger partial charge in [0.05, 0.1) is 0 Å². The average molecular weight is 416 g/mol. The second-order valence-corrected chi connectivity index (χ2v) is 7.10. The standard InChI is InChI=1S/C7H10N2S2.C5H10Br2/c1-7(4-11-6-9)2-3-10-5-8;1-5(4-7)2-3-6/h7H,2-4H2,1H3;5H,2-4H2,1H3. The third-order valence-electron chi connectivity index (χ3n) is 2.07. The molecule has 0 heterocycles. The van der Waals surface area contributed by atoms with Gasteiger partial charge in [-0.2, -0.15) is 10.5 Å². The van der Waals surface area contributed by atoms with Gasteiger partial charge in [0.1, 0.15) is 10.8 Å². The van der Waals surface area contributed by atoms with Crippen LogP contribution in [0.1, 0.15) is 26.7 Å². The molecule has 0 N–H and O–H groups in total. The molecule has 2 nitrogen and oxygen atoms in total. The maximum absolute atomic E-state index is 8.24. The largest absolute Gasteiger partial charge is 0.185 e. The average Bonchev–Trinajstić information content (AvgIpc) is 2.37. The zero-order valence-corrected chi connectivity index (χ0v) is 15.7. The van der Waals surface area contributed by atoms with Gasteiger partial charge in [0.2, 0.25) is 0 Å². The fraction of sp³-hybridized carbons (Fsp3) is 0.833. The molecule has 0 aromatic rings. The van der Waals surface area contributed by atoms with Crippen molar-refractivity contribution in [2.75, 3.05) is 22.2 Å². The minimum atomic E-state index is 0.542. The summed E-state index contributed by atoms with van der Waals surface area (Å²) in [5.74, 6) is 3.12. The first-order chi connectivity index (χ1) is 8.62. The summed E-state index contributed by atoms with van der Waals surface area (Å²) in [6.07, 6.45) is 2.29.